The van der Waals surface area contributed by atoms with Crippen molar-refractivity contribution in [2.75, 3.05) is 30.7 Å². The first-order valence-corrected chi connectivity index (χ1v) is 13.1. The maximum atomic E-state index is 13.4. The van der Waals surface area contributed by atoms with Gasteiger partial charge in [-0.1, -0.05) is 63.2 Å². The molecule has 0 spiro atoms. The fourth-order valence-corrected chi connectivity index (χ4v) is 4.55. The van der Waals surface area contributed by atoms with Gasteiger partial charge in [0.2, 0.25) is 21.8 Å². The van der Waals surface area contributed by atoms with Gasteiger partial charge in [-0.25, -0.2) is 8.42 Å². The molecule has 0 fully saturated rings. The summed E-state index contributed by atoms with van der Waals surface area (Å²) in [5.41, 5.74) is 2.53. The highest BCUT2D eigenvalue weighted by Crippen LogP contribution is 2.22. The van der Waals surface area contributed by atoms with Crippen LogP contribution >= 0.6 is 0 Å². The Morgan fingerprint density at radius 3 is 2.09 bits per heavy atom. The molecule has 2 amide bonds. The molecule has 0 heterocycles. The summed E-state index contributed by atoms with van der Waals surface area (Å²) in [6, 6.07) is 16.2. The van der Waals surface area contributed by atoms with E-state index >= 15 is 0 Å². The van der Waals surface area contributed by atoms with Crippen LogP contribution < -0.4 is 9.62 Å². The van der Waals surface area contributed by atoms with Gasteiger partial charge in [0.1, 0.15) is 12.6 Å². The SMILES string of the molecule is CC[C@H](C(=O)NC)N(CCc1ccccc1)C(=O)CN(c1ccc(C(C)C)cc1)S(C)(=O)=O. The van der Waals surface area contributed by atoms with Crippen molar-refractivity contribution in [3.8, 4) is 0 Å². The summed E-state index contributed by atoms with van der Waals surface area (Å²) in [7, 11) is -2.19. The van der Waals surface area contributed by atoms with Gasteiger partial charge >= 0.3 is 0 Å². The molecule has 0 radical (unpaired) electrons. The number of hydrogen-bond acceptors (Lipinski definition) is 4. The fraction of sp³-hybridized carbons (Fsp3) is 0.440. The summed E-state index contributed by atoms with van der Waals surface area (Å²) >= 11 is 0. The second kappa shape index (κ2) is 11.8. The van der Waals surface area contributed by atoms with E-state index in [0.717, 1.165) is 21.7 Å². The van der Waals surface area contributed by atoms with Crippen LogP contribution in [0.1, 0.15) is 44.2 Å². The van der Waals surface area contributed by atoms with Crippen LogP contribution in [0.25, 0.3) is 0 Å². The molecule has 180 valence electrons. The zero-order valence-corrected chi connectivity index (χ0v) is 20.9. The zero-order valence-electron chi connectivity index (χ0n) is 20.1. The van der Waals surface area contributed by atoms with Crippen molar-refractivity contribution < 1.29 is 18.0 Å². The second-order valence-electron chi connectivity index (χ2n) is 8.38. The van der Waals surface area contributed by atoms with Gasteiger partial charge in [0.25, 0.3) is 0 Å². The summed E-state index contributed by atoms with van der Waals surface area (Å²) in [4.78, 5) is 27.4. The fourth-order valence-electron chi connectivity index (χ4n) is 3.70. The zero-order chi connectivity index (χ0) is 24.6. The number of carbonyl (C=O) groups excluding carboxylic acids is 2. The van der Waals surface area contributed by atoms with Crippen LogP contribution in [-0.2, 0) is 26.0 Å². The number of anilines is 1. The molecule has 1 atom stereocenters. The van der Waals surface area contributed by atoms with Gasteiger partial charge in [-0.15, -0.1) is 0 Å². The van der Waals surface area contributed by atoms with E-state index in [0.29, 0.717) is 31.0 Å². The maximum absolute atomic E-state index is 13.4. The van der Waals surface area contributed by atoms with E-state index < -0.39 is 22.0 Å². The molecule has 2 aromatic rings. The van der Waals surface area contributed by atoms with Crippen LogP contribution in [0.15, 0.2) is 54.6 Å². The third kappa shape index (κ3) is 7.32. The van der Waals surface area contributed by atoms with Crippen molar-refractivity contribution in [2.24, 2.45) is 0 Å². The highest BCUT2D eigenvalue weighted by atomic mass is 32.2. The Hall–Kier alpha value is -2.87. The van der Waals surface area contributed by atoms with E-state index in [1.807, 2.05) is 49.4 Å². The lowest BCUT2D eigenvalue weighted by molar-refractivity contribution is -0.139. The lowest BCUT2D eigenvalue weighted by Crippen LogP contribution is -2.52. The monoisotopic (exact) mass is 473 g/mol. The first-order valence-electron chi connectivity index (χ1n) is 11.2. The molecule has 0 saturated carbocycles. The summed E-state index contributed by atoms with van der Waals surface area (Å²) in [6.45, 7) is 5.88. The Labute approximate surface area is 197 Å². The molecule has 0 bridgehead atoms. The minimum Gasteiger partial charge on any atom is -0.357 e. The van der Waals surface area contributed by atoms with Gasteiger partial charge in [0, 0.05) is 13.6 Å². The Morgan fingerprint density at radius 1 is 1.00 bits per heavy atom. The number of likely N-dealkylation sites (N-methyl/N-ethyl adjacent to an activating group) is 1. The third-order valence-corrected chi connectivity index (χ3v) is 6.78. The molecule has 0 aliphatic heterocycles. The lowest BCUT2D eigenvalue weighted by Gasteiger charge is -2.32. The molecule has 2 aromatic carbocycles. The Morgan fingerprint density at radius 2 is 1.61 bits per heavy atom. The van der Waals surface area contributed by atoms with E-state index in [1.165, 1.54) is 11.9 Å². The van der Waals surface area contributed by atoms with Crippen LogP contribution in [0.3, 0.4) is 0 Å². The van der Waals surface area contributed by atoms with Crippen molar-refractivity contribution in [1.82, 2.24) is 10.2 Å². The number of nitrogens with zero attached hydrogens (tertiary/aromatic N) is 2. The van der Waals surface area contributed by atoms with Gasteiger partial charge in [-0.2, -0.15) is 0 Å². The number of hydrogen-bond donors (Lipinski definition) is 1. The highest BCUT2D eigenvalue weighted by molar-refractivity contribution is 7.92. The van der Waals surface area contributed by atoms with Crippen LogP contribution in [-0.4, -0.2) is 57.6 Å². The molecule has 0 saturated heterocycles. The minimum atomic E-state index is -3.72. The van der Waals surface area contributed by atoms with Crippen molar-refractivity contribution in [3.63, 3.8) is 0 Å². The first-order chi connectivity index (χ1) is 15.6. The number of rotatable bonds is 11. The normalized spacial score (nSPS) is 12.3. The minimum absolute atomic E-state index is 0.272. The van der Waals surface area contributed by atoms with E-state index in [4.69, 9.17) is 0 Å². The van der Waals surface area contributed by atoms with E-state index in [1.54, 1.807) is 12.1 Å². The number of nitrogens with one attached hydrogen (secondary N) is 1. The van der Waals surface area contributed by atoms with Crippen molar-refractivity contribution >= 4 is 27.5 Å². The predicted molar refractivity (Wildman–Crippen MR) is 133 cm³/mol. The number of benzene rings is 2. The first kappa shape index (κ1) is 26.4. The predicted octanol–water partition coefficient (Wildman–Crippen LogP) is 3.17. The molecule has 33 heavy (non-hydrogen) atoms. The van der Waals surface area contributed by atoms with Crippen LogP contribution in [0.2, 0.25) is 0 Å². The molecule has 1 N–H and O–H groups in total. The molecule has 7 nitrogen and oxygen atoms in total. The molecule has 2 rings (SSSR count). The molecule has 0 aliphatic carbocycles. The van der Waals surface area contributed by atoms with Crippen LogP contribution in [0.4, 0.5) is 5.69 Å². The van der Waals surface area contributed by atoms with Crippen molar-refractivity contribution in [2.45, 2.75) is 45.6 Å². The summed E-state index contributed by atoms with van der Waals surface area (Å²) in [5.74, 6) is -0.385. The van der Waals surface area contributed by atoms with Gasteiger partial charge in [0.15, 0.2) is 0 Å². The summed E-state index contributed by atoms with van der Waals surface area (Å²) < 4.78 is 26.3. The number of amides is 2. The molecular formula is C25H35N3O4S. The second-order valence-corrected chi connectivity index (χ2v) is 10.3. The van der Waals surface area contributed by atoms with E-state index in [2.05, 4.69) is 19.2 Å². The molecule has 0 unspecified atom stereocenters. The maximum Gasteiger partial charge on any atom is 0.244 e. The quantitative estimate of drug-likeness (QED) is 0.543. The summed E-state index contributed by atoms with van der Waals surface area (Å²) in [5, 5.41) is 2.62. The van der Waals surface area contributed by atoms with E-state index in [-0.39, 0.29) is 12.5 Å². The molecule has 0 aliphatic rings. The smallest absolute Gasteiger partial charge is 0.244 e. The van der Waals surface area contributed by atoms with Gasteiger partial charge < -0.3 is 10.2 Å². The largest absolute Gasteiger partial charge is 0.357 e. The molecular weight excluding hydrogens is 438 g/mol. The Kier molecular flexibility index (Phi) is 9.46. The number of carbonyl (C=O) groups is 2. The van der Waals surface area contributed by atoms with Gasteiger partial charge in [-0.3, -0.25) is 13.9 Å². The van der Waals surface area contributed by atoms with Crippen LogP contribution in [0.5, 0.6) is 0 Å². The third-order valence-electron chi connectivity index (χ3n) is 5.64. The standard InChI is InChI=1S/C25H35N3O4S/c1-6-23(25(30)26-4)27(17-16-20-10-8-7-9-11-20)24(29)18-28(33(5,31)32)22-14-12-21(13-15-22)19(2)3/h7-15,19,23H,6,16-18H2,1-5H3,(H,26,30)/t23-/m1/s1. The van der Waals surface area contributed by atoms with Gasteiger partial charge in [-0.05, 0) is 42.0 Å². The van der Waals surface area contributed by atoms with Crippen molar-refractivity contribution in [3.05, 3.63) is 65.7 Å². The highest BCUT2D eigenvalue weighted by Gasteiger charge is 2.31. The number of sulfonamides is 1. The van der Waals surface area contributed by atoms with Crippen molar-refractivity contribution in [1.29, 1.82) is 0 Å². The molecule has 8 heteroatoms. The average molecular weight is 474 g/mol. The molecule has 0 aromatic heterocycles. The van der Waals surface area contributed by atoms with Crippen LogP contribution in [0, 0.1) is 0 Å². The Bertz CT molecular complexity index is 1020. The topological polar surface area (TPSA) is 86.8 Å². The lowest BCUT2D eigenvalue weighted by atomic mass is 10.0. The van der Waals surface area contributed by atoms with E-state index in [9.17, 15) is 18.0 Å². The van der Waals surface area contributed by atoms with Gasteiger partial charge in [0.05, 0.1) is 11.9 Å². The Balaban J connectivity index is 2.33. The summed E-state index contributed by atoms with van der Waals surface area (Å²) in [6.07, 6.45) is 2.06. The average Bonchev–Trinajstić information content (AvgIpc) is 2.79.